The van der Waals surface area contributed by atoms with E-state index in [0.717, 1.165) is 13.2 Å². The summed E-state index contributed by atoms with van der Waals surface area (Å²) in [5, 5.41) is 0. The maximum Gasteiger partial charge on any atom is 0.0651 e. The summed E-state index contributed by atoms with van der Waals surface area (Å²) >= 11 is 0. The van der Waals surface area contributed by atoms with Gasteiger partial charge in [0.25, 0.3) is 0 Å². The minimum absolute atomic E-state index is 0.578. The highest BCUT2D eigenvalue weighted by Gasteiger charge is 1.91. The molecule has 1 heterocycles. The van der Waals surface area contributed by atoms with Crippen LogP contribution in [-0.2, 0) is 4.74 Å². The molecule has 0 amide bonds. The number of hydrogen-bond donors (Lipinski definition) is 0. The zero-order chi connectivity index (χ0) is 6.53. The van der Waals surface area contributed by atoms with E-state index in [9.17, 15) is 0 Å². The fourth-order valence-electron chi connectivity index (χ4n) is 0.809. The van der Waals surface area contributed by atoms with Crippen LogP contribution in [0.2, 0.25) is 0 Å². The summed E-state index contributed by atoms with van der Waals surface area (Å²) in [5.74, 6) is 0.578. The topological polar surface area (TPSA) is 9.23 Å². The van der Waals surface area contributed by atoms with E-state index in [2.05, 4.69) is 31.2 Å². The summed E-state index contributed by atoms with van der Waals surface area (Å²) in [6, 6.07) is 0. The molecule has 0 aromatic carbocycles. The summed E-state index contributed by atoms with van der Waals surface area (Å²) < 4.78 is 5.15. The summed E-state index contributed by atoms with van der Waals surface area (Å²) in [5.41, 5.74) is 0. The monoisotopic (exact) mass is 124 g/mol. The Bertz CT molecular complexity index is 111. The average molecular weight is 124 g/mol. The summed E-state index contributed by atoms with van der Waals surface area (Å²) in [7, 11) is 0. The molecule has 1 aliphatic rings. The molecule has 0 saturated heterocycles. The fraction of sp³-hybridized carbons (Fsp3) is 0.500. The van der Waals surface area contributed by atoms with Crippen molar-refractivity contribution in [1.29, 1.82) is 0 Å². The van der Waals surface area contributed by atoms with Crippen LogP contribution in [0, 0.1) is 5.92 Å². The van der Waals surface area contributed by atoms with E-state index in [4.69, 9.17) is 4.74 Å². The zero-order valence-corrected chi connectivity index (χ0v) is 5.71. The van der Waals surface area contributed by atoms with E-state index in [0.29, 0.717) is 5.92 Å². The lowest BCUT2D eigenvalue weighted by Gasteiger charge is -2.02. The Morgan fingerprint density at radius 2 is 1.78 bits per heavy atom. The molecule has 0 saturated carbocycles. The van der Waals surface area contributed by atoms with Crippen molar-refractivity contribution in [2.24, 2.45) is 5.92 Å². The quantitative estimate of drug-likeness (QED) is 0.447. The van der Waals surface area contributed by atoms with Gasteiger partial charge >= 0.3 is 0 Å². The first-order valence-electron chi connectivity index (χ1n) is 3.30. The van der Waals surface area contributed by atoms with Crippen molar-refractivity contribution >= 4 is 0 Å². The third-order valence-corrected chi connectivity index (χ3v) is 1.31. The third-order valence-electron chi connectivity index (χ3n) is 1.31. The third kappa shape index (κ3) is 2.47. The number of ether oxygens (including phenoxy) is 1. The molecule has 9 heavy (non-hydrogen) atoms. The van der Waals surface area contributed by atoms with Crippen molar-refractivity contribution in [2.45, 2.75) is 6.92 Å². The number of rotatable bonds is 0. The van der Waals surface area contributed by atoms with Crippen molar-refractivity contribution in [1.82, 2.24) is 0 Å². The number of hydrogen-bond acceptors (Lipinski definition) is 1. The highest BCUT2D eigenvalue weighted by molar-refractivity contribution is 5.00. The Morgan fingerprint density at radius 3 is 2.33 bits per heavy atom. The molecule has 1 nitrogen and oxygen atoms in total. The molecule has 0 aliphatic carbocycles. The Labute approximate surface area is 56.0 Å². The normalized spacial score (nSPS) is 28.6. The van der Waals surface area contributed by atoms with Crippen LogP contribution in [0.3, 0.4) is 0 Å². The fourth-order valence-corrected chi connectivity index (χ4v) is 0.809. The minimum Gasteiger partial charge on any atom is -0.373 e. The Morgan fingerprint density at radius 1 is 1.22 bits per heavy atom. The molecule has 0 N–H and O–H groups in total. The van der Waals surface area contributed by atoms with Gasteiger partial charge in [0.1, 0.15) is 0 Å². The maximum absolute atomic E-state index is 5.15. The molecule has 1 aliphatic heterocycles. The first kappa shape index (κ1) is 6.56. The highest BCUT2D eigenvalue weighted by Crippen LogP contribution is 2.01. The van der Waals surface area contributed by atoms with Gasteiger partial charge < -0.3 is 4.74 Å². The predicted molar refractivity (Wildman–Crippen MR) is 38.3 cm³/mol. The summed E-state index contributed by atoms with van der Waals surface area (Å²) in [6.45, 7) is 3.68. The number of allylic oxidation sites excluding steroid dienone is 2. The first-order valence-corrected chi connectivity index (χ1v) is 3.30. The molecule has 0 aromatic heterocycles. The second kappa shape index (κ2) is 3.46. The highest BCUT2D eigenvalue weighted by atomic mass is 16.5. The van der Waals surface area contributed by atoms with Crippen molar-refractivity contribution in [3.63, 3.8) is 0 Å². The standard InChI is InChI=1S/C8H12O/c1-8-4-2-6-9-7-3-5-8/h2-5,8H,6-7H2,1H3/b4-2-,5-3-. The van der Waals surface area contributed by atoms with Gasteiger partial charge in [0.2, 0.25) is 0 Å². The van der Waals surface area contributed by atoms with Crippen LogP contribution in [0.25, 0.3) is 0 Å². The van der Waals surface area contributed by atoms with E-state index in [1.54, 1.807) is 0 Å². The molecule has 0 spiro atoms. The average Bonchev–Trinajstić information content (AvgIpc) is 1.79. The first-order chi connectivity index (χ1) is 4.39. The van der Waals surface area contributed by atoms with Gasteiger partial charge in [-0.25, -0.2) is 0 Å². The molecule has 0 fully saturated rings. The van der Waals surface area contributed by atoms with Gasteiger partial charge in [0, 0.05) is 0 Å². The van der Waals surface area contributed by atoms with E-state index < -0.39 is 0 Å². The van der Waals surface area contributed by atoms with E-state index in [1.807, 2.05) is 0 Å². The van der Waals surface area contributed by atoms with Crippen LogP contribution in [-0.4, -0.2) is 13.2 Å². The second-order valence-electron chi connectivity index (χ2n) is 2.25. The smallest absolute Gasteiger partial charge is 0.0651 e. The van der Waals surface area contributed by atoms with Gasteiger partial charge in [0.05, 0.1) is 13.2 Å². The Balaban J connectivity index is 2.44. The summed E-state index contributed by atoms with van der Waals surface area (Å²) in [4.78, 5) is 0. The largest absolute Gasteiger partial charge is 0.373 e. The van der Waals surface area contributed by atoms with Crippen LogP contribution < -0.4 is 0 Å². The lowest BCUT2D eigenvalue weighted by atomic mass is 10.1. The predicted octanol–water partition coefficient (Wildman–Crippen LogP) is 1.77. The van der Waals surface area contributed by atoms with Crippen molar-refractivity contribution in [2.75, 3.05) is 13.2 Å². The molecule has 1 rings (SSSR count). The molecule has 0 unspecified atom stereocenters. The van der Waals surface area contributed by atoms with Gasteiger partial charge in [-0.1, -0.05) is 31.2 Å². The lowest BCUT2D eigenvalue weighted by Crippen LogP contribution is -1.95. The second-order valence-corrected chi connectivity index (χ2v) is 2.25. The van der Waals surface area contributed by atoms with Crippen LogP contribution in [0.15, 0.2) is 24.3 Å². The molecule has 0 radical (unpaired) electrons. The van der Waals surface area contributed by atoms with Gasteiger partial charge in [-0.15, -0.1) is 0 Å². The SMILES string of the molecule is CC1/C=C\COC/C=C\1. The van der Waals surface area contributed by atoms with Gasteiger partial charge in [0.15, 0.2) is 0 Å². The van der Waals surface area contributed by atoms with E-state index >= 15 is 0 Å². The van der Waals surface area contributed by atoms with Crippen molar-refractivity contribution < 1.29 is 4.74 Å². The molecule has 0 atom stereocenters. The van der Waals surface area contributed by atoms with Gasteiger partial charge in [-0.2, -0.15) is 0 Å². The minimum atomic E-state index is 0.578. The molecular weight excluding hydrogens is 112 g/mol. The summed E-state index contributed by atoms with van der Waals surface area (Å²) in [6.07, 6.45) is 8.42. The zero-order valence-electron chi connectivity index (χ0n) is 5.71. The van der Waals surface area contributed by atoms with Gasteiger partial charge in [-0.3, -0.25) is 0 Å². The molecule has 0 bridgehead atoms. The Hall–Kier alpha value is -0.560. The maximum atomic E-state index is 5.15. The van der Waals surface area contributed by atoms with E-state index in [-0.39, 0.29) is 0 Å². The Kier molecular flexibility index (Phi) is 2.52. The van der Waals surface area contributed by atoms with Crippen LogP contribution in [0.4, 0.5) is 0 Å². The van der Waals surface area contributed by atoms with Gasteiger partial charge in [-0.05, 0) is 5.92 Å². The lowest BCUT2D eigenvalue weighted by molar-refractivity contribution is 0.192. The van der Waals surface area contributed by atoms with Crippen molar-refractivity contribution in [3.05, 3.63) is 24.3 Å². The van der Waals surface area contributed by atoms with Crippen LogP contribution in [0.1, 0.15) is 6.92 Å². The molecular formula is C8H12O. The molecule has 0 aromatic rings. The molecule has 50 valence electrons. The van der Waals surface area contributed by atoms with Crippen LogP contribution in [0.5, 0.6) is 0 Å². The van der Waals surface area contributed by atoms with Crippen molar-refractivity contribution in [3.8, 4) is 0 Å². The molecule has 1 heteroatoms. The van der Waals surface area contributed by atoms with E-state index in [1.165, 1.54) is 0 Å². The van der Waals surface area contributed by atoms with Crippen LogP contribution >= 0.6 is 0 Å².